The summed E-state index contributed by atoms with van der Waals surface area (Å²) in [5.41, 5.74) is 7.03. The summed E-state index contributed by atoms with van der Waals surface area (Å²) in [6, 6.07) is 7.40. The van der Waals surface area contributed by atoms with Crippen molar-refractivity contribution in [1.29, 1.82) is 5.26 Å². The summed E-state index contributed by atoms with van der Waals surface area (Å²) in [5, 5.41) is 8.94. The molecule has 5 nitrogen and oxygen atoms in total. The molecule has 0 saturated heterocycles. The van der Waals surface area contributed by atoms with Crippen molar-refractivity contribution in [3.05, 3.63) is 56.4 Å². The molecule has 2 rings (SSSR count). The maximum atomic E-state index is 11.5. The van der Waals surface area contributed by atoms with E-state index in [0.717, 1.165) is 5.56 Å². The van der Waals surface area contributed by atoms with Crippen molar-refractivity contribution >= 4 is 21.6 Å². The van der Waals surface area contributed by atoms with Crippen molar-refractivity contribution in [2.45, 2.75) is 6.54 Å². The van der Waals surface area contributed by atoms with Gasteiger partial charge in [0.2, 0.25) is 5.43 Å². The van der Waals surface area contributed by atoms with Crippen LogP contribution in [0.15, 0.2) is 39.9 Å². The molecule has 0 radical (unpaired) electrons. The smallest absolute Gasteiger partial charge is 0.218 e. The topological polar surface area (TPSA) is 81.0 Å². The zero-order valence-corrected chi connectivity index (χ0v) is 12.3. The molecule has 2 aromatic rings. The summed E-state index contributed by atoms with van der Waals surface area (Å²) in [5.74, 6) is 0.526. The Hall–Kier alpha value is -2.26. The molecule has 1 aromatic carbocycles. The largest absolute Gasteiger partial charge is 0.495 e. The van der Waals surface area contributed by atoms with Gasteiger partial charge in [0.1, 0.15) is 11.8 Å². The Labute approximate surface area is 124 Å². The molecule has 0 fully saturated rings. The van der Waals surface area contributed by atoms with Crippen LogP contribution in [0.1, 0.15) is 11.1 Å². The molecule has 0 amide bonds. The lowest BCUT2D eigenvalue weighted by Gasteiger charge is -2.10. The van der Waals surface area contributed by atoms with Crippen molar-refractivity contribution in [3.8, 4) is 11.8 Å². The first kappa shape index (κ1) is 14.2. The molecule has 20 heavy (non-hydrogen) atoms. The Bertz CT molecular complexity index is 721. The average Bonchev–Trinajstić information content (AvgIpc) is 2.44. The molecule has 0 saturated carbocycles. The molecular formula is C14H12BrN3O2. The van der Waals surface area contributed by atoms with Crippen LogP contribution in [-0.2, 0) is 6.54 Å². The molecule has 0 spiro atoms. The number of anilines is 1. The van der Waals surface area contributed by atoms with E-state index in [1.165, 1.54) is 7.11 Å². The number of nitrogens with zero attached hydrogens (tertiary/aromatic N) is 2. The highest BCUT2D eigenvalue weighted by atomic mass is 79.9. The standard InChI is InChI=1S/C14H12BrN3O2/c1-20-13-4-9(2-3-10(13)5-16)6-18-7-11(15)14(19)12(17)8-18/h2-4,7-8H,6,17H2,1H3. The van der Waals surface area contributed by atoms with E-state index in [9.17, 15) is 4.79 Å². The van der Waals surface area contributed by atoms with E-state index in [1.807, 2.05) is 6.07 Å². The molecule has 0 bridgehead atoms. The number of hydrogen-bond acceptors (Lipinski definition) is 4. The normalized spacial score (nSPS) is 10.1. The van der Waals surface area contributed by atoms with Gasteiger partial charge in [0, 0.05) is 18.9 Å². The van der Waals surface area contributed by atoms with Gasteiger partial charge in [0.05, 0.1) is 22.8 Å². The fourth-order valence-corrected chi connectivity index (χ4v) is 2.34. The number of benzene rings is 1. The van der Waals surface area contributed by atoms with Gasteiger partial charge in [-0.1, -0.05) is 6.07 Å². The predicted molar refractivity (Wildman–Crippen MR) is 79.6 cm³/mol. The summed E-state index contributed by atoms with van der Waals surface area (Å²) >= 11 is 3.18. The lowest BCUT2D eigenvalue weighted by Crippen LogP contribution is -2.13. The quantitative estimate of drug-likeness (QED) is 0.932. The molecule has 0 aliphatic heterocycles. The van der Waals surface area contributed by atoms with E-state index in [0.29, 0.717) is 22.3 Å². The summed E-state index contributed by atoms with van der Waals surface area (Å²) in [7, 11) is 1.52. The summed E-state index contributed by atoms with van der Waals surface area (Å²) < 4.78 is 7.37. The van der Waals surface area contributed by atoms with E-state index in [4.69, 9.17) is 15.7 Å². The predicted octanol–water partition coefficient (Wildman–Crippen LogP) is 2.12. The summed E-state index contributed by atoms with van der Waals surface area (Å²) in [6.45, 7) is 0.519. The zero-order chi connectivity index (χ0) is 14.7. The lowest BCUT2D eigenvalue weighted by molar-refractivity contribution is 0.413. The van der Waals surface area contributed by atoms with Crippen LogP contribution in [0, 0.1) is 11.3 Å². The fraction of sp³-hybridized carbons (Fsp3) is 0.143. The number of aromatic nitrogens is 1. The highest BCUT2D eigenvalue weighted by Crippen LogP contribution is 2.20. The second kappa shape index (κ2) is 5.80. The number of nitrogens with two attached hydrogens (primary N) is 1. The Balaban J connectivity index is 2.36. The van der Waals surface area contributed by atoms with Crippen LogP contribution in [0.2, 0.25) is 0 Å². The van der Waals surface area contributed by atoms with Crippen LogP contribution in [0.3, 0.4) is 0 Å². The Morgan fingerprint density at radius 1 is 1.45 bits per heavy atom. The summed E-state index contributed by atoms with van der Waals surface area (Å²) in [6.07, 6.45) is 3.25. The Kier molecular flexibility index (Phi) is 4.11. The van der Waals surface area contributed by atoms with Gasteiger partial charge in [0.15, 0.2) is 0 Å². The fourth-order valence-electron chi connectivity index (χ4n) is 1.85. The molecule has 0 atom stereocenters. The highest BCUT2D eigenvalue weighted by Gasteiger charge is 2.06. The van der Waals surface area contributed by atoms with Gasteiger partial charge in [-0.25, -0.2) is 0 Å². The molecule has 1 heterocycles. The van der Waals surface area contributed by atoms with E-state index >= 15 is 0 Å². The van der Waals surface area contributed by atoms with Crippen LogP contribution < -0.4 is 15.9 Å². The third kappa shape index (κ3) is 2.83. The van der Waals surface area contributed by atoms with E-state index in [-0.39, 0.29) is 11.1 Å². The maximum absolute atomic E-state index is 11.5. The third-order valence-electron chi connectivity index (χ3n) is 2.81. The van der Waals surface area contributed by atoms with E-state index < -0.39 is 0 Å². The number of methoxy groups -OCH3 is 1. The van der Waals surface area contributed by atoms with Crippen molar-refractivity contribution in [2.24, 2.45) is 0 Å². The van der Waals surface area contributed by atoms with Gasteiger partial charge in [-0.05, 0) is 33.6 Å². The van der Waals surface area contributed by atoms with E-state index in [2.05, 4.69) is 22.0 Å². The Morgan fingerprint density at radius 3 is 2.80 bits per heavy atom. The second-order valence-corrected chi connectivity index (χ2v) is 5.06. The van der Waals surface area contributed by atoms with Crippen LogP contribution in [0.4, 0.5) is 5.69 Å². The minimum atomic E-state index is -0.223. The molecule has 0 aliphatic carbocycles. The van der Waals surface area contributed by atoms with Gasteiger partial charge < -0.3 is 15.0 Å². The first-order valence-electron chi connectivity index (χ1n) is 5.77. The van der Waals surface area contributed by atoms with Crippen LogP contribution in [-0.4, -0.2) is 11.7 Å². The first-order valence-corrected chi connectivity index (χ1v) is 6.56. The SMILES string of the molecule is COc1cc(Cn2cc(N)c(=O)c(Br)c2)ccc1C#N. The van der Waals surface area contributed by atoms with Gasteiger partial charge in [0.25, 0.3) is 0 Å². The molecule has 0 unspecified atom stereocenters. The van der Waals surface area contributed by atoms with Gasteiger partial charge >= 0.3 is 0 Å². The molecule has 102 valence electrons. The zero-order valence-electron chi connectivity index (χ0n) is 10.8. The van der Waals surface area contributed by atoms with Gasteiger partial charge in [-0.15, -0.1) is 0 Å². The first-order chi connectivity index (χ1) is 9.55. The molecule has 6 heteroatoms. The van der Waals surface area contributed by atoms with Crippen molar-refractivity contribution in [2.75, 3.05) is 12.8 Å². The molecular weight excluding hydrogens is 322 g/mol. The summed E-state index contributed by atoms with van der Waals surface area (Å²) in [4.78, 5) is 11.5. The molecule has 0 aliphatic rings. The van der Waals surface area contributed by atoms with Gasteiger partial charge in [-0.2, -0.15) is 5.26 Å². The molecule has 2 N–H and O–H groups in total. The molecule has 1 aromatic heterocycles. The van der Waals surface area contributed by atoms with Crippen LogP contribution in [0.25, 0.3) is 0 Å². The number of rotatable bonds is 3. The van der Waals surface area contributed by atoms with Crippen molar-refractivity contribution in [3.63, 3.8) is 0 Å². The van der Waals surface area contributed by atoms with Crippen LogP contribution in [0.5, 0.6) is 5.75 Å². The number of hydrogen-bond donors (Lipinski definition) is 1. The lowest BCUT2D eigenvalue weighted by atomic mass is 10.1. The van der Waals surface area contributed by atoms with Crippen molar-refractivity contribution < 1.29 is 4.74 Å². The van der Waals surface area contributed by atoms with E-state index in [1.54, 1.807) is 29.1 Å². The monoisotopic (exact) mass is 333 g/mol. The van der Waals surface area contributed by atoms with Crippen molar-refractivity contribution in [1.82, 2.24) is 4.57 Å². The minimum Gasteiger partial charge on any atom is -0.495 e. The van der Waals surface area contributed by atoms with Crippen LogP contribution >= 0.6 is 15.9 Å². The van der Waals surface area contributed by atoms with Gasteiger partial charge in [-0.3, -0.25) is 4.79 Å². The number of nitrogen functional groups attached to an aromatic ring is 1. The second-order valence-electron chi connectivity index (χ2n) is 4.21. The average molecular weight is 334 g/mol. The number of ether oxygens (including phenoxy) is 1. The number of nitriles is 1. The Morgan fingerprint density at radius 2 is 2.20 bits per heavy atom. The maximum Gasteiger partial charge on any atom is 0.218 e. The number of halogens is 1. The number of pyridine rings is 1. The third-order valence-corrected chi connectivity index (χ3v) is 3.38. The highest BCUT2D eigenvalue weighted by molar-refractivity contribution is 9.10. The minimum absolute atomic E-state index is 0.181.